The molecule has 0 bridgehead atoms. The summed E-state index contributed by atoms with van der Waals surface area (Å²) in [5.41, 5.74) is 0.542. The van der Waals surface area contributed by atoms with E-state index < -0.39 is 23.8 Å². The average Bonchev–Trinajstić information content (AvgIpc) is 2.93. The van der Waals surface area contributed by atoms with Gasteiger partial charge in [0.15, 0.2) is 0 Å². The van der Waals surface area contributed by atoms with Gasteiger partial charge in [-0.1, -0.05) is 0 Å². The molecular weight excluding hydrogens is 351 g/mol. The molecular formula is C16H17FN2O5S. The second-order valence-electron chi connectivity index (χ2n) is 5.06. The minimum absolute atomic E-state index is 0.194. The molecule has 25 heavy (non-hydrogen) atoms. The first-order chi connectivity index (χ1) is 11.9. The molecule has 1 heterocycles. The Morgan fingerprint density at radius 1 is 1.36 bits per heavy atom. The number of thiazole rings is 1. The molecule has 9 heteroatoms. The number of carboxylic acids is 1. The zero-order valence-electron chi connectivity index (χ0n) is 13.6. The lowest BCUT2D eigenvalue weighted by Gasteiger charge is -2.15. The van der Waals surface area contributed by atoms with Crippen molar-refractivity contribution in [1.82, 2.24) is 10.3 Å². The van der Waals surface area contributed by atoms with Gasteiger partial charge in [-0.05, 0) is 31.2 Å². The molecule has 0 saturated heterocycles. The SMILES string of the molecule is COCc1nc(C)c(C(=O)NCC(Oc2ccc(F)cc2)C(=O)O)s1. The zero-order valence-corrected chi connectivity index (χ0v) is 14.4. The van der Waals surface area contributed by atoms with Gasteiger partial charge in [-0.3, -0.25) is 4.79 Å². The summed E-state index contributed by atoms with van der Waals surface area (Å²) < 4.78 is 23.1. The minimum Gasteiger partial charge on any atom is -0.478 e. The van der Waals surface area contributed by atoms with Gasteiger partial charge in [0, 0.05) is 7.11 Å². The number of carboxylic acid groups (broad SMARTS) is 1. The fourth-order valence-corrected chi connectivity index (χ4v) is 2.92. The molecule has 0 fully saturated rings. The maximum Gasteiger partial charge on any atom is 0.346 e. The number of aryl methyl sites for hydroxylation is 1. The second-order valence-corrected chi connectivity index (χ2v) is 6.15. The Labute approximate surface area is 147 Å². The van der Waals surface area contributed by atoms with Crippen LogP contribution in [0.3, 0.4) is 0 Å². The predicted octanol–water partition coefficient (Wildman–Crippen LogP) is 2.00. The summed E-state index contributed by atoms with van der Waals surface area (Å²) in [4.78, 5) is 28.1. The van der Waals surface area contributed by atoms with E-state index >= 15 is 0 Å². The standard InChI is InChI=1S/C16H17FN2O5S/c1-9-14(25-13(19-9)8-23-2)15(20)18-7-12(16(21)22)24-11-5-3-10(17)4-6-11/h3-6,12H,7-8H2,1-2H3,(H,18,20)(H,21,22). The number of halogens is 1. The zero-order chi connectivity index (χ0) is 18.4. The third kappa shape index (κ3) is 5.23. The third-order valence-electron chi connectivity index (χ3n) is 3.13. The van der Waals surface area contributed by atoms with E-state index in [9.17, 15) is 19.1 Å². The molecule has 7 nitrogen and oxygen atoms in total. The lowest BCUT2D eigenvalue weighted by molar-refractivity contribution is -0.144. The van der Waals surface area contributed by atoms with Gasteiger partial charge in [-0.25, -0.2) is 14.2 Å². The molecule has 0 aliphatic carbocycles. The highest BCUT2D eigenvalue weighted by molar-refractivity contribution is 7.13. The molecule has 1 aromatic carbocycles. The van der Waals surface area contributed by atoms with E-state index in [1.165, 1.54) is 30.6 Å². The molecule has 1 aromatic heterocycles. The highest BCUT2D eigenvalue weighted by Crippen LogP contribution is 2.19. The van der Waals surface area contributed by atoms with Crippen LogP contribution in [-0.4, -0.2) is 41.7 Å². The van der Waals surface area contributed by atoms with Crippen molar-refractivity contribution in [3.05, 3.63) is 45.7 Å². The average molecular weight is 368 g/mol. The molecule has 2 aromatic rings. The number of rotatable bonds is 8. The summed E-state index contributed by atoms with van der Waals surface area (Å²) >= 11 is 1.18. The number of hydrogen-bond donors (Lipinski definition) is 2. The molecule has 1 atom stereocenters. The summed E-state index contributed by atoms with van der Waals surface area (Å²) in [6, 6.07) is 4.95. The summed E-state index contributed by atoms with van der Waals surface area (Å²) in [6.45, 7) is 1.74. The summed E-state index contributed by atoms with van der Waals surface area (Å²) in [7, 11) is 1.53. The van der Waals surface area contributed by atoms with Crippen molar-refractivity contribution in [2.45, 2.75) is 19.6 Å². The van der Waals surface area contributed by atoms with E-state index in [1.54, 1.807) is 6.92 Å². The van der Waals surface area contributed by atoms with Crippen LogP contribution in [0.15, 0.2) is 24.3 Å². The number of methoxy groups -OCH3 is 1. The predicted molar refractivity (Wildman–Crippen MR) is 88.3 cm³/mol. The van der Waals surface area contributed by atoms with Gasteiger partial charge < -0.3 is 19.9 Å². The van der Waals surface area contributed by atoms with Gasteiger partial charge in [0.1, 0.15) is 21.5 Å². The van der Waals surface area contributed by atoms with E-state index in [1.807, 2.05) is 0 Å². The smallest absolute Gasteiger partial charge is 0.346 e. The second kappa shape index (κ2) is 8.54. The first kappa shape index (κ1) is 18.8. The van der Waals surface area contributed by atoms with Gasteiger partial charge >= 0.3 is 5.97 Å². The number of nitrogens with one attached hydrogen (secondary N) is 1. The number of aliphatic carboxylic acids is 1. The van der Waals surface area contributed by atoms with Crippen molar-refractivity contribution in [2.75, 3.05) is 13.7 Å². The summed E-state index contributed by atoms with van der Waals surface area (Å²) in [6.07, 6.45) is -1.30. The van der Waals surface area contributed by atoms with Crippen molar-refractivity contribution in [3.63, 3.8) is 0 Å². The van der Waals surface area contributed by atoms with Crippen LogP contribution in [0.4, 0.5) is 4.39 Å². The molecule has 0 aliphatic rings. The molecule has 1 amide bonds. The van der Waals surface area contributed by atoms with Gasteiger partial charge in [0.25, 0.3) is 5.91 Å². The molecule has 134 valence electrons. The van der Waals surface area contributed by atoms with Crippen LogP contribution in [-0.2, 0) is 16.1 Å². The Morgan fingerprint density at radius 3 is 2.64 bits per heavy atom. The van der Waals surface area contributed by atoms with Crippen LogP contribution in [0.5, 0.6) is 5.75 Å². The molecule has 2 rings (SSSR count). The number of ether oxygens (including phenoxy) is 2. The molecule has 0 aliphatic heterocycles. The topological polar surface area (TPSA) is 97.8 Å². The lowest BCUT2D eigenvalue weighted by Crippen LogP contribution is -2.40. The Bertz CT molecular complexity index is 747. The van der Waals surface area contributed by atoms with Crippen molar-refractivity contribution in [1.29, 1.82) is 0 Å². The van der Waals surface area contributed by atoms with Crippen LogP contribution < -0.4 is 10.1 Å². The van der Waals surface area contributed by atoms with Crippen molar-refractivity contribution in [2.24, 2.45) is 0 Å². The van der Waals surface area contributed by atoms with Crippen LogP contribution >= 0.6 is 11.3 Å². The lowest BCUT2D eigenvalue weighted by atomic mass is 10.3. The molecule has 0 saturated carbocycles. The normalized spacial score (nSPS) is 11.8. The summed E-state index contributed by atoms with van der Waals surface area (Å²) in [5, 5.41) is 12.4. The van der Waals surface area contributed by atoms with E-state index in [4.69, 9.17) is 9.47 Å². The Hall–Kier alpha value is -2.52. The number of carbonyl (C=O) groups is 2. The highest BCUT2D eigenvalue weighted by atomic mass is 32.1. The van der Waals surface area contributed by atoms with Crippen LogP contribution in [0, 0.1) is 12.7 Å². The molecule has 1 unspecified atom stereocenters. The van der Waals surface area contributed by atoms with Crippen LogP contribution in [0.25, 0.3) is 0 Å². The highest BCUT2D eigenvalue weighted by Gasteiger charge is 2.22. The van der Waals surface area contributed by atoms with E-state index in [2.05, 4.69) is 10.3 Å². The fourth-order valence-electron chi connectivity index (χ4n) is 1.97. The van der Waals surface area contributed by atoms with Gasteiger partial charge in [0.05, 0.1) is 18.8 Å². The molecule has 2 N–H and O–H groups in total. The Kier molecular flexibility index (Phi) is 6.43. The van der Waals surface area contributed by atoms with E-state index in [-0.39, 0.29) is 12.3 Å². The van der Waals surface area contributed by atoms with Crippen LogP contribution in [0.2, 0.25) is 0 Å². The largest absolute Gasteiger partial charge is 0.478 e. The Morgan fingerprint density at radius 2 is 2.04 bits per heavy atom. The number of hydrogen-bond acceptors (Lipinski definition) is 6. The van der Waals surface area contributed by atoms with Crippen molar-refractivity contribution < 1.29 is 28.6 Å². The van der Waals surface area contributed by atoms with Crippen LogP contribution in [0.1, 0.15) is 20.4 Å². The third-order valence-corrected chi connectivity index (χ3v) is 4.26. The maximum atomic E-state index is 12.9. The quantitative estimate of drug-likeness (QED) is 0.740. The Balaban J connectivity index is 1.99. The fraction of sp³-hybridized carbons (Fsp3) is 0.312. The monoisotopic (exact) mass is 368 g/mol. The molecule has 0 radical (unpaired) electrons. The summed E-state index contributed by atoms with van der Waals surface area (Å²) in [5.74, 6) is -1.95. The maximum absolute atomic E-state index is 12.9. The minimum atomic E-state index is -1.30. The number of aromatic nitrogens is 1. The van der Waals surface area contributed by atoms with E-state index in [0.717, 1.165) is 12.1 Å². The van der Waals surface area contributed by atoms with Gasteiger partial charge in [-0.2, -0.15) is 0 Å². The first-order valence-corrected chi connectivity index (χ1v) is 8.10. The van der Waals surface area contributed by atoms with Crippen molar-refractivity contribution in [3.8, 4) is 5.75 Å². The number of amides is 1. The number of benzene rings is 1. The van der Waals surface area contributed by atoms with Gasteiger partial charge in [0.2, 0.25) is 6.10 Å². The van der Waals surface area contributed by atoms with E-state index in [0.29, 0.717) is 22.2 Å². The first-order valence-electron chi connectivity index (χ1n) is 7.29. The van der Waals surface area contributed by atoms with Gasteiger partial charge in [-0.15, -0.1) is 11.3 Å². The van der Waals surface area contributed by atoms with Crippen molar-refractivity contribution >= 4 is 23.2 Å². The molecule has 0 spiro atoms. The number of nitrogens with zero attached hydrogens (tertiary/aromatic N) is 1. The number of carbonyl (C=O) groups excluding carboxylic acids is 1.